The lowest BCUT2D eigenvalue weighted by molar-refractivity contribution is -0.117. The topological polar surface area (TPSA) is 47.6 Å². The molecule has 0 aliphatic carbocycles. The van der Waals surface area contributed by atoms with Gasteiger partial charge in [-0.3, -0.25) is 4.79 Å². The Balaban J connectivity index is 1.94. The maximum absolute atomic E-state index is 12.2. The highest BCUT2D eigenvalue weighted by Crippen LogP contribution is 2.39. The number of methoxy groups -OCH3 is 2. The van der Waals surface area contributed by atoms with Gasteiger partial charge in [0, 0.05) is 5.69 Å². The van der Waals surface area contributed by atoms with Crippen LogP contribution in [0.1, 0.15) is 17.0 Å². The van der Waals surface area contributed by atoms with Crippen molar-refractivity contribution >= 4 is 23.2 Å². The zero-order valence-electron chi connectivity index (χ0n) is 12.4. The number of carbonyl (C=O) groups is 1. The van der Waals surface area contributed by atoms with Gasteiger partial charge in [-0.25, -0.2) is 0 Å². The van der Waals surface area contributed by atoms with E-state index in [0.717, 1.165) is 16.8 Å². The van der Waals surface area contributed by atoms with E-state index in [2.05, 4.69) is 5.32 Å². The predicted octanol–water partition coefficient (Wildman–Crippen LogP) is 3.64. The van der Waals surface area contributed by atoms with Crippen LogP contribution in [0.2, 0.25) is 5.02 Å². The van der Waals surface area contributed by atoms with Gasteiger partial charge in [-0.15, -0.1) is 0 Å². The predicted molar refractivity (Wildman–Crippen MR) is 86.1 cm³/mol. The number of hydrogen-bond donors (Lipinski definition) is 1. The molecule has 0 saturated heterocycles. The highest BCUT2D eigenvalue weighted by molar-refractivity contribution is 6.32. The van der Waals surface area contributed by atoms with E-state index in [-0.39, 0.29) is 11.8 Å². The summed E-state index contributed by atoms with van der Waals surface area (Å²) in [5.74, 6) is 0.860. The van der Waals surface area contributed by atoms with Crippen molar-refractivity contribution in [1.29, 1.82) is 0 Å². The molecule has 0 saturated carbocycles. The molecule has 1 unspecified atom stereocenters. The normalized spacial score (nSPS) is 16.1. The summed E-state index contributed by atoms with van der Waals surface area (Å²) in [6, 6.07) is 11.4. The van der Waals surface area contributed by atoms with Gasteiger partial charge in [0.2, 0.25) is 5.91 Å². The molecule has 1 atom stereocenters. The standard InChI is InChI=1S/C17H16ClNO3/c1-21-15-9-10(8-13(18)16(15)22-2)7-12-11-5-3-4-6-14(11)19-17(12)20/h3-6,8-9,12H,7H2,1-2H3,(H,19,20). The Bertz CT molecular complexity index is 730. The van der Waals surface area contributed by atoms with E-state index in [1.165, 1.54) is 0 Å². The van der Waals surface area contributed by atoms with E-state index in [0.29, 0.717) is 22.9 Å². The number of anilines is 1. The molecule has 0 bridgehead atoms. The number of rotatable bonds is 4. The van der Waals surface area contributed by atoms with Gasteiger partial charge in [0.05, 0.1) is 25.2 Å². The average Bonchev–Trinajstić information content (AvgIpc) is 2.83. The molecular formula is C17H16ClNO3. The van der Waals surface area contributed by atoms with E-state index in [1.807, 2.05) is 36.4 Å². The lowest BCUT2D eigenvalue weighted by Gasteiger charge is -2.14. The first-order valence-electron chi connectivity index (χ1n) is 6.94. The van der Waals surface area contributed by atoms with Crippen molar-refractivity contribution in [2.45, 2.75) is 12.3 Å². The molecule has 1 N–H and O–H groups in total. The third-order valence-corrected chi connectivity index (χ3v) is 4.12. The molecule has 3 rings (SSSR count). The number of benzene rings is 2. The molecule has 1 amide bonds. The van der Waals surface area contributed by atoms with Crippen molar-refractivity contribution in [2.24, 2.45) is 0 Å². The monoisotopic (exact) mass is 317 g/mol. The summed E-state index contributed by atoms with van der Waals surface area (Å²) in [5.41, 5.74) is 2.82. The van der Waals surface area contributed by atoms with Crippen LogP contribution < -0.4 is 14.8 Å². The summed E-state index contributed by atoms with van der Waals surface area (Å²) >= 11 is 6.23. The third kappa shape index (κ3) is 2.50. The van der Waals surface area contributed by atoms with Crippen molar-refractivity contribution in [3.05, 3.63) is 52.5 Å². The second-order valence-corrected chi connectivity index (χ2v) is 5.55. The molecule has 0 fully saturated rings. The fourth-order valence-electron chi connectivity index (χ4n) is 2.80. The third-order valence-electron chi connectivity index (χ3n) is 3.84. The number of hydrogen-bond acceptors (Lipinski definition) is 3. The van der Waals surface area contributed by atoms with Crippen LogP contribution in [0.15, 0.2) is 36.4 Å². The van der Waals surface area contributed by atoms with Crippen LogP contribution in [0, 0.1) is 0 Å². The zero-order valence-corrected chi connectivity index (χ0v) is 13.1. The van der Waals surface area contributed by atoms with Crippen LogP contribution in [-0.4, -0.2) is 20.1 Å². The lowest BCUT2D eigenvalue weighted by atomic mass is 9.93. The van der Waals surface area contributed by atoms with Crippen LogP contribution >= 0.6 is 11.6 Å². The molecule has 2 aromatic carbocycles. The first-order valence-corrected chi connectivity index (χ1v) is 7.32. The van der Waals surface area contributed by atoms with Crippen LogP contribution in [0.25, 0.3) is 0 Å². The lowest BCUT2D eigenvalue weighted by Crippen LogP contribution is -2.14. The van der Waals surface area contributed by atoms with Crippen molar-refractivity contribution in [3.63, 3.8) is 0 Å². The van der Waals surface area contributed by atoms with Gasteiger partial charge in [-0.1, -0.05) is 29.8 Å². The Kier molecular flexibility index (Phi) is 3.94. The van der Waals surface area contributed by atoms with Crippen LogP contribution in [-0.2, 0) is 11.2 Å². The summed E-state index contributed by atoms with van der Waals surface area (Å²) in [5, 5.41) is 3.38. The number of halogens is 1. The molecule has 4 nitrogen and oxygen atoms in total. The molecule has 1 aliphatic rings. The fraction of sp³-hybridized carbons (Fsp3) is 0.235. The second kappa shape index (κ2) is 5.89. The van der Waals surface area contributed by atoms with Gasteiger partial charge in [-0.2, -0.15) is 0 Å². The van der Waals surface area contributed by atoms with Gasteiger partial charge in [0.15, 0.2) is 11.5 Å². The van der Waals surface area contributed by atoms with Gasteiger partial charge >= 0.3 is 0 Å². The zero-order chi connectivity index (χ0) is 15.7. The molecule has 0 spiro atoms. The minimum atomic E-state index is -0.217. The highest BCUT2D eigenvalue weighted by Gasteiger charge is 2.30. The highest BCUT2D eigenvalue weighted by atomic mass is 35.5. The SMILES string of the molecule is COc1cc(CC2C(=O)Nc3ccccc32)cc(Cl)c1OC. The molecular weight excluding hydrogens is 302 g/mol. The number of ether oxygens (including phenoxy) is 2. The first kappa shape index (κ1) is 14.7. The largest absolute Gasteiger partial charge is 0.493 e. The molecule has 0 aromatic heterocycles. The molecule has 114 valence electrons. The Morgan fingerprint density at radius 1 is 1.18 bits per heavy atom. The molecule has 1 aliphatic heterocycles. The Hall–Kier alpha value is -2.20. The second-order valence-electron chi connectivity index (χ2n) is 5.15. The van der Waals surface area contributed by atoms with Crippen molar-refractivity contribution < 1.29 is 14.3 Å². The van der Waals surface area contributed by atoms with Crippen LogP contribution in [0.4, 0.5) is 5.69 Å². The van der Waals surface area contributed by atoms with E-state index in [4.69, 9.17) is 21.1 Å². The Morgan fingerprint density at radius 2 is 1.95 bits per heavy atom. The number of amides is 1. The fourth-order valence-corrected chi connectivity index (χ4v) is 3.11. The van der Waals surface area contributed by atoms with E-state index >= 15 is 0 Å². The van der Waals surface area contributed by atoms with Gasteiger partial charge in [-0.05, 0) is 35.7 Å². The van der Waals surface area contributed by atoms with Crippen molar-refractivity contribution in [1.82, 2.24) is 0 Å². The number of para-hydroxylation sites is 1. The Labute approximate surface area is 134 Å². The maximum atomic E-state index is 12.2. The van der Waals surface area contributed by atoms with Crippen LogP contribution in [0.3, 0.4) is 0 Å². The summed E-state index contributed by atoms with van der Waals surface area (Å²) < 4.78 is 10.5. The van der Waals surface area contributed by atoms with E-state index in [9.17, 15) is 4.79 Å². The molecule has 22 heavy (non-hydrogen) atoms. The summed E-state index contributed by atoms with van der Waals surface area (Å²) in [6.07, 6.45) is 0.558. The minimum Gasteiger partial charge on any atom is -0.493 e. The minimum absolute atomic E-state index is 0.00658. The van der Waals surface area contributed by atoms with Gasteiger partial charge < -0.3 is 14.8 Å². The van der Waals surface area contributed by atoms with Gasteiger partial charge in [0.1, 0.15) is 0 Å². The van der Waals surface area contributed by atoms with Crippen LogP contribution in [0.5, 0.6) is 11.5 Å². The summed E-state index contributed by atoms with van der Waals surface area (Å²) in [6.45, 7) is 0. The van der Waals surface area contributed by atoms with E-state index in [1.54, 1.807) is 14.2 Å². The summed E-state index contributed by atoms with van der Waals surface area (Å²) in [4.78, 5) is 12.2. The smallest absolute Gasteiger partial charge is 0.232 e. The summed E-state index contributed by atoms with van der Waals surface area (Å²) in [7, 11) is 3.11. The van der Waals surface area contributed by atoms with Crippen molar-refractivity contribution in [2.75, 3.05) is 19.5 Å². The molecule has 0 radical (unpaired) electrons. The van der Waals surface area contributed by atoms with Gasteiger partial charge in [0.25, 0.3) is 0 Å². The maximum Gasteiger partial charge on any atom is 0.232 e. The van der Waals surface area contributed by atoms with E-state index < -0.39 is 0 Å². The average molecular weight is 318 g/mol. The first-order chi connectivity index (χ1) is 10.6. The Morgan fingerprint density at radius 3 is 2.68 bits per heavy atom. The molecule has 1 heterocycles. The van der Waals surface area contributed by atoms with Crippen molar-refractivity contribution in [3.8, 4) is 11.5 Å². The molecule has 2 aromatic rings. The quantitative estimate of drug-likeness (QED) is 0.936. The number of nitrogens with one attached hydrogen (secondary N) is 1. The number of carbonyl (C=O) groups excluding carboxylic acids is 1. The molecule has 5 heteroatoms. The number of fused-ring (bicyclic) bond motifs is 1.